The number of rotatable bonds is 2. The lowest BCUT2D eigenvalue weighted by atomic mass is 9.89. The van der Waals surface area contributed by atoms with Gasteiger partial charge in [0, 0.05) is 45.2 Å². The maximum atomic E-state index is 12.3. The molecular formula is C15H28N2O2. The van der Waals surface area contributed by atoms with Crippen LogP contribution in [0, 0.1) is 11.3 Å². The number of fused-ring (bicyclic) bond motifs is 1. The van der Waals surface area contributed by atoms with Crippen LogP contribution in [0.25, 0.3) is 0 Å². The number of carbonyl (C=O) groups is 1. The fourth-order valence-corrected chi connectivity index (χ4v) is 3.20. The highest BCUT2D eigenvalue weighted by Gasteiger charge is 2.34. The number of piperazine rings is 1. The van der Waals surface area contributed by atoms with Gasteiger partial charge in [-0.2, -0.15) is 0 Å². The van der Waals surface area contributed by atoms with Crippen molar-refractivity contribution in [1.82, 2.24) is 9.80 Å². The van der Waals surface area contributed by atoms with Crippen LogP contribution in [0.4, 0.5) is 0 Å². The summed E-state index contributed by atoms with van der Waals surface area (Å²) in [5.41, 5.74) is 0.0722. The van der Waals surface area contributed by atoms with Crippen LogP contribution in [0.3, 0.4) is 0 Å². The van der Waals surface area contributed by atoms with Crippen molar-refractivity contribution in [2.45, 2.75) is 46.1 Å². The first-order valence-corrected chi connectivity index (χ1v) is 7.52. The molecular weight excluding hydrogens is 240 g/mol. The van der Waals surface area contributed by atoms with Crippen LogP contribution in [0.15, 0.2) is 0 Å². The molecule has 19 heavy (non-hydrogen) atoms. The maximum absolute atomic E-state index is 12.3. The number of hydrogen-bond acceptors (Lipinski definition) is 3. The van der Waals surface area contributed by atoms with Crippen LogP contribution in [0.5, 0.6) is 0 Å². The minimum absolute atomic E-state index is 0.0722. The van der Waals surface area contributed by atoms with Gasteiger partial charge in [-0.3, -0.25) is 9.69 Å². The Labute approximate surface area is 116 Å². The van der Waals surface area contributed by atoms with Gasteiger partial charge in [-0.15, -0.1) is 0 Å². The molecule has 1 amide bonds. The molecule has 0 radical (unpaired) electrons. The summed E-state index contributed by atoms with van der Waals surface area (Å²) < 4.78 is 0. The van der Waals surface area contributed by atoms with E-state index in [0.29, 0.717) is 30.9 Å². The van der Waals surface area contributed by atoms with Crippen molar-refractivity contribution in [1.29, 1.82) is 0 Å². The van der Waals surface area contributed by atoms with E-state index in [1.54, 1.807) is 0 Å². The summed E-state index contributed by atoms with van der Waals surface area (Å²) in [5.74, 6) is 0.740. The van der Waals surface area contributed by atoms with Gasteiger partial charge in [0.2, 0.25) is 5.91 Å². The van der Waals surface area contributed by atoms with Gasteiger partial charge in [-0.05, 0) is 24.2 Å². The molecule has 0 unspecified atom stereocenters. The number of nitrogens with zero attached hydrogens (tertiary/aromatic N) is 2. The fourth-order valence-electron chi connectivity index (χ4n) is 3.20. The average molecular weight is 268 g/mol. The van der Waals surface area contributed by atoms with Gasteiger partial charge >= 0.3 is 0 Å². The normalized spacial score (nSPS) is 29.2. The highest BCUT2D eigenvalue weighted by atomic mass is 16.3. The fraction of sp³-hybridized carbons (Fsp3) is 0.933. The zero-order valence-electron chi connectivity index (χ0n) is 12.6. The second-order valence-corrected chi connectivity index (χ2v) is 7.35. The second kappa shape index (κ2) is 5.80. The first kappa shape index (κ1) is 14.8. The summed E-state index contributed by atoms with van der Waals surface area (Å²) in [6, 6.07) is 0.514. The van der Waals surface area contributed by atoms with Gasteiger partial charge in [0.1, 0.15) is 0 Å². The van der Waals surface area contributed by atoms with Crippen molar-refractivity contribution in [3.05, 3.63) is 0 Å². The van der Waals surface area contributed by atoms with Crippen molar-refractivity contribution in [3.8, 4) is 0 Å². The third-order valence-corrected chi connectivity index (χ3v) is 4.30. The molecule has 1 N–H and O–H groups in total. The Balaban J connectivity index is 1.87. The van der Waals surface area contributed by atoms with Gasteiger partial charge in [0.15, 0.2) is 0 Å². The van der Waals surface area contributed by atoms with Gasteiger partial charge in [0.05, 0.1) is 0 Å². The second-order valence-electron chi connectivity index (χ2n) is 7.35. The lowest BCUT2D eigenvalue weighted by Gasteiger charge is -2.46. The topological polar surface area (TPSA) is 43.8 Å². The predicted molar refractivity (Wildman–Crippen MR) is 75.8 cm³/mol. The first-order chi connectivity index (χ1) is 8.89. The first-order valence-electron chi connectivity index (χ1n) is 7.52. The number of amides is 1. The lowest BCUT2D eigenvalue weighted by molar-refractivity contribution is -0.137. The van der Waals surface area contributed by atoms with Gasteiger partial charge in [0.25, 0.3) is 0 Å². The van der Waals surface area contributed by atoms with E-state index in [9.17, 15) is 9.90 Å². The van der Waals surface area contributed by atoms with E-state index in [2.05, 4.69) is 25.7 Å². The molecule has 0 aromatic rings. The highest BCUT2D eigenvalue weighted by Crippen LogP contribution is 2.26. The molecule has 2 fully saturated rings. The van der Waals surface area contributed by atoms with Crippen LogP contribution in [-0.2, 0) is 4.79 Å². The van der Waals surface area contributed by atoms with E-state index in [0.717, 1.165) is 39.0 Å². The molecule has 2 rings (SSSR count). The third-order valence-electron chi connectivity index (χ3n) is 4.30. The smallest absolute Gasteiger partial charge is 0.223 e. The van der Waals surface area contributed by atoms with E-state index in [1.165, 1.54) is 0 Å². The largest absolute Gasteiger partial charge is 0.396 e. The van der Waals surface area contributed by atoms with E-state index < -0.39 is 0 Å². The van der Waals surface area contributed by atoms with Crippen LogP contribution in [-0.4, -0.2) is 59.6 Å². The molecule has 4 heteroatoms. The van der Waals surface area contributed by atoms with Crippen LogP contribution >= 0.6 is 0 Å². The molecule has 0 aliphatic carbocycles. The molecule has 2 aliphatic heterocycles. The van der Waals surface area contributed by atoms with Gasteiger partial charge in [-0.1, -0.05) is 20.8 Å². The van der Waals surface area contributed by atoms with E-state index >= 15 is 0 Å². The molecule has 2 atom stereocenters. The average Bonchev–Trinajstić information content (AvgIpc) is 2.35. The number of carbonyl (C=O) groups excluding carboxylic acids is 1. The number of aliphatic hydroxyl groups excluding tert-OH is 1. The Morgan fingerprint density at radius 2 is 1.95 bits per heavy atom. The zero-order valence-corrected chi connectivity index (χ0v) is 12.6. The number of aliphatic hydroxyl groups is 1. The monoisotopic (exact) mass is 268 g/mol. The molecule has 0 spiro atoms. The minimum atomic E-state index is 0.0722. The molecule has 4 nitrogen and oxygen atoms in total. The maximum Gasteiger partial charge on any atom is 0.223 e. The highest BCUT2D eigenvalue weighted by molar-refractivity contribution is 5.77. The number of hydrogen-bond donors (Lipinski definition) is 1. The summed E-state index contributed by atoms with van der Waals surface area (Å²) in [5, 5.41) is 9.26. The summed E-state index contributed by atoms with van der Waals surface area (Å²) >= 11 is 0. The molecule has 0 bridgehead atoms. The minimum Gasteiger partial charge on any atom is -0.396 e. The Kier molecular flexibility index (Phi) is 4.51. The zero-order chi connectivity index (χ0) is 14.0. The van der Waals surface area contributed by atoms with Crippen molar-refractivity contribution in [3.63, 3.8) is 0 Å². The van der Waals surface area contributed by atoms with E-state index in [-0.39, 0.29) is 5.41 Å². The third kappa shape index (κ3) is 3.93. The van der Waals surface area contributed by atoms with Crippen molar-refractivity contribution in [2.24, 2.45) is 11.3 Å². The summed E-state index contributed by atoms with van der Waals surface area (Å²) in [6.07, 6.45) is 2.85. The Bertz CT molecular complexity index is 325. The van der Waals surface area contributed by atoms with Crippen LogP contribution in [0.1, 0.15) is 40.0 Å². The molecule has 2 saturated heterocycles. The molecule has 2 aliphatic rings. The Morgan fingerprint density at radius 1 is 1.21 bits per heavy atom. The van der Waals surface area contributed by atoms with Crippen LogP contribution < -0.4 is 0 Å². The van der Waals surface area contributed by atoms with Gasteiger partial charge < -0.3 is 10.0 Å². The Hall–Kier alpha value is -0.610. The van der Waals surface area contributed by atoms with E-state index in [4.69, 9.17) is 0 Å². The molecule has 0 aromatic carbocycles. The summed E-state index contributed by atoms with van der Waals surface area (Å²) in [6.45, 7) is 10.4. The van der Waals surface area contributed by atoms with Crippen LogP contribution in [0.2, 0.25) is 0 Å². The summed E-state index contributed by atoms with van der Waals surface area (Å²) in [4.78, 5) is 16.8. The molecule has 110 valence electrons. The molecule has 0 saturated carbocycles. The van der Waals surface area contributed by atoms with Crippen molar-refractivity contribution >= 4 is 5.91 Å². The Morgan fingerprint density at radius 3 is 2.58 bits per heavy atom. The van der Waals surface area contributed by atoms with Crippen molar-refractivity contribution in [2.75, 3.05) is 32.8 Å². The summed E-state index contributed by atoms with van der Waals surface area (Å²) in [7, 11) is 0. The molecule has 2 heterocycles. The predicted octanol–water partition coefficient (Wildman–Crippen LogP) is 1.34. The quantitative estimate of drug-likeness (QED) is 0.822. The SMILES string of the molecule is CC(C)(C)CC(=O)N1CCN2C[C@H](CO)CC[C@H]2C1. The number of piperidine rings is 1. The van der Waals surface area contributed by atoms with E-state index in [1.807, 2.05) is 4.90 Å². The molecule has 0 aromatic heterocycles. The van der Waals surface area contributed by atoms with Crippen molar-refractivity contribution < 1.29 is 9.90 Å². The van der Waals surface area contributed by atoms with Gasteiger partial charge in [-0.25, -0.2) is 0 Å². The standard InChI is InChI=1S/C15H28N2O2/c1-15(2,3)8-14(19)17-7-6-16-9-12(11-18)4-5-13(16)10-17/h12-13,18H,4-11H2,1-3H3/t12-,13+/m1/s1. The lowest BCUT2D eigenvalue weighted by Crippen LogP contribution is -2.58.